The lowest BCUT2D eigenvalue weighted by molar-refractivity contribution is 0.355. The van der Waals surface area contributed by atoms with Gasteiger partial charge in [-0.2, -0.15) is 5.10 Å². The van der Waals surface area contributed by atoms with Gasteiger partial charge in [-0.05, 0) is 33.6 Å². The highest BCUT2D eigenvalue weighted by molar-refractivity contribution is 7.91. The standard InChI is InChI=1S/C13H23N3O2S/c1-13(2,3)16-9-11(8-15-16)7-14-12-5-4-6-19(17,18)10-12/h8-9,12,14H,4-7,10H2,1-3H3. The summed E-state index contributed by atoms with van der Waals surface area (Å²) in [5.41, 5.74) is 1.07. The molecule has 0 spiro atoms. The monoisotopic (exact) mass is 285 g/mol. The smallest absolute Gasteiger partial charge is 0.151 e. The molecule has 1 N–H and O–H groups in total. The third kappa shape index (κ3) is 4.04. The molecule has 6 heteroatoms. The van der Waals surface area contributed by atoms with E-state index in [4.69, 9.17) is 0 Å². The van der Waals surface area contributed by atoms with Gasteiger partial charge < -0.3 is 5.32 Å². The number of aromatic nitrogens is 2. The summed E-state index contributed by atoms with van der Waals surface area (Å²) in [5.74, 6) is 0.605. The van der Waals surface area contributed by atoms with E-state index in [0.29, 0.717) is 12.3 Å². The van der Waals surface area contributed by atoms with Crippen molar-refractivity contribution in [1.82, 2.24) is 15.1 Å². The molecule has 1 aromatic heterocycles. The average molecular weight is 285 g/mol. The average Bonchev–Trinajstić information content (AvgIpc) is 2.73. The Balaban J connectivity index is 1.91. The molecular formula is C13H23N3O2S. The second-order valence-corrected chi connectivity index (χ2v) is 8.53. The van der Waals surface area contributed by atoms with Crippen molar-refractivity contribution in [2.24, 2.45) is 0 Å². The van der Waals surface area contributed by atoms with E-state index in [1.807, 2.05) is 17.1 Å². The first-order valence-corrected chi connectivity index (χ1v) is 8.56. The summed E-state index contributed by atoms with van der Waals surface area (Å²) < 4.78 is 25.0. The molecule has 1 fully saturated rings. The second kappa shape index (κ2) is 5.25. The molecule has 1 aromatic rings. The van der Waals surface area contributed by atoms with Gasteiger partial charge >= 0.3 is 0 Å². The fourth-order valence-electron chi connectivity index (χ4n) is 2.26. The maximum absolute atomic E-state index is 11.6. The van der Waals surface area contributed by atoms with Crippen LogP contribution in [0.5, 0.6) is 0 Å². The molecule has 2 heterocycles. The highest BCUT2D eigenvalue weighted by Crippen LogP contribution is 2.15. The van der Waals surface area contributed by atoms with Gasteiger partial charge in [-0.15, -0.1) is 0 Å². The van der Waals surface area contributed by atoms with Crippen LogP contribution in [0, 0.1) is 0 Å². The highest BCUT2D eigenvalue weighted by atomic mass is 32.2. The summed E-state index contributed by atoms with van der Waals surface area (Å²) in [5, 5.41) is 7.66. The van der Waals surface area contributed by atoms with Gasteiger partial charge in [0.1, 0.15) is 0 Å². The van der Waals surface area contributed by atoms with Crippen molar-refractivity contribution in [2.45, 2.75) is 51.7 Å². The highest BCUT2D eigenvalue weighted by Gasteiger charge is 2.24. The van der Waals surface area contributed by atoms with E-state index in [0.717, 1.165) is 18.4 Å². The summed E-state index contributed by atoms with van der Waals surface area (Å²) in [4.78, 5) is 0. The van der Waals surface area contributed by atoms with Gasteiger partial charge in [0.15, 0.2) is 9.84 Å². The first-order chi connectivity index (χ1) is 8.76. The zero-order valence-electron chi connectivity index (χ0n) is 11.9. The Morgan fingerprint density at radius 3 is 2.79 bits per heavy atom. The van der Waals surface area contributed by atoms with Crippen molar-refractivity contribution in [1.29, 1.82) is 0 Å². The molecule has 0 aliphatic carbocycles. The molecule has 1 saturated heterocycles. The summed E-state index contributed by atoms with van der Waals surface area (Å²) in [7, 11) is -2.84. The molecule has 0 amide bonds. The summed E-state index contributed by atoms with van der Waals surface area (Å²) in [6, 6.07) is 0.0803. The maximum atomic E-state index is 11.6. The van der Waals surface area contributed by atoms with E-state index < -0.39 is 9.84 Å². The van der Waals surface area contributed by atoms with Crippen LogP contribution in [0.4, 0.5) is 0 Å². The third-order valence-corrected chi connectivity index (χ3v) is 5.20. The van der Waals surface area contributed by atoms with Crippen LogP contribution < -0.4 is 5.32 Å². The predicted molar refractivity (Wildman–Crippen MR) is 75.7 cm³/mol. The summed E-state index contributed by atoms with van der Waals surface area (Å²) in [6.45, 7) is 6.98. The first kappa shape index (κ1) is 14.5. The maximum Gasteiger partial charge on any atom is 0.151 e. The Morgan fingerprint density at radius 2 is 2.21 bits per heavy atom. The SMILES string of the molecule is CC(C)(C)n1cc(CNC2CCCS(=O)(=O)C2)cn1. The molecule has 0 aromatic carbocycles. The largest absolute Gasteiger partial charge is 0.309 e. The molecule has 2 rings (SSSR count). The van der Waals surface area contributed by atoms with E-state index in [-0.39, 0.29) is 17.3 Å². The van der Waals surface area contributed by atoms with E-state index in [1.165, 1.54) is 0 Å². The Hall–Kier alpha value is -0.880. The molecule has 1 aliphatic rings. The van der Waals surface area contributed by atoms with Crippen LogP contribution in [-0.2, 0) is 21.9 Å². The fraction of sp³-hybridized carbons (Fsp3) is 0.769. The van der Waals surface area contributed by atoms with Crippen molar-refractivity contribution < 1.29 is 8.42 Å². The van der Waals surface area contributed by atoms with Crippen LogP contribution in [0.25, 0.3) is 0 Å². The molecule has 0 bridgehead atoms. The van der Waals surface area contributed by atoms with Crippen LogP contribution in [0.2, 0.25) is 0 Å². The van der Waals surface area contributed by atoms with Gasteiger partial charge in [0.05, 0.1) is 23.2 Å². The Morgan fingerprint density at radius 1 is 1.47 bits per heavy atom. The second-order valence-electron chi connectivity index (χ2n) is 6.30. The van der Waals surface area contributed by atoms with Crippen LogP contribution in [0.15, 0.2) is 12.4 Å². The van der Waals surface area contributed by atoms with Gasteiger partial charge in [0, 0.05) is 24.3 Å². The van der Waals surface area contributed by atoms with Crippen LogP contribution in [-0.4, -0.2) is 35.7 Å². The minimum Gasteiger partial charge on any atom is -0.309 e. The Bertz CT molecular complexity index is 528. The minimum absolute atomic E-state index is 0.0214. The molecule has 19 heavy (non-hydrogen) atoms. The van der Waals surface area contributed by atoms with E-state index in [2.05, 4.69) is 31.2 Å². The lowest BCUT2D eigenvalue weighted by Gasteiger charge is -2.22. The van der Waals surface area contributed by atoms with Crippen molar-refractivity contribution >= 4 is 9.84 Å². The minimum atomic E-state index is -2.84. The number of sulfone groups is 1. The van der Waals surface area contributed by atoms with Crippen molar-refractivity contribution in [3.05, 3.63) is 18.0 Å². The normalized spacial score (nSPS) is 23.4. The molecular weight excluding hydrogens is 262 g/mol. The molecule has 1 aliphatic heterocycles. The number of nitrogens with zero attached hydrogens (tertiary/aromatic N) is 2. The number of hydrogen-bond donors (Lipinski definition) is 1. The van der Waals surface area contributed by atoms with Crippen LogP contribution in [0.1, 0.15) is 39.2 Å². The van der Waals surface area contributed by atoms with Gasteiger partial charge in [0.2, 0.25) is 0 Å². The van der Waals surface area contributed by atoms with Crippen LogP contribution in [0.3, 0.4) is 0 Å². The van der Waals surface area contributed by atoms with Crippen molar-refractivity contribution in [3.8, 4) is 0 Å². The Kier molecular flexibility index (Phi) is 4.01. The zero-order chi connectivity index (χ0) is 14.1. The number of nitrogens with one attached hydrogen (secondary N) is 1. The fourth-order valence-corrected chi connectivity index (χ4v) is 3.93. The lowest BCUT2D eigenvalue weighted by atomic mass is 10.1. The van der Waals surface area contributed by atoms with E-state index in [9.17, 15) is 8.42 Å². The van der Waals surface area contributed by atoms with Gasteiger partial charge in [-0.3, -0.25) is 4.68 Å². The third-order valence-electron chi connectivity index (χ3n) is 3.38. The number of rotatable bonds is 3. The molecule has 1 atom stereocenters. The summed E-state index contributed by atoms with van der Waals surface area (Å²) >= 11 is 0. The molecule has 0 saturated carbocycles. The topological polar surface area (TPSA) is 64.0 Å². The quantitative estimate of drug-likeness (QED) is 0.909. The van der Waals surface area contributed by atoms with Gasteiger partial charge in [0.25, 0.3) is 0 Å². The predicted octanol–water partition coefficient (Wildman–Crippen LogP) is 1.30. The van der Waals surface area contributed by atoms with E-state index >= 15 is 0 Å². The van der Waals surface area contributed by atoms with Gasteiger partial charge in [-0.1, -0.05) is 0 Å². The molecule has 5 nitrogen and oxygen atoms in total. The lowest BCUT2D eigenvalue weighted by Crippen LogP contribution is -2.39. The zero-order valence-corrected chi connectivity index (χ0v) is 12.7. The summed E-state index contributed by atoms with van der Waals surface area (Å²) in [6.07, 6.45) is 5.56. The van der Waals surface area contributed by atoms with Crippen LogP contribution >= 0.6 is 0 Å². The van der Waals surface area contributed by atoms with Crippen molar-refractivity contribution in [2.75, 3.05) is 11.5 Å². The Labute approximate surface area is 115 Å². The number of hydrogen-bond acceptors (Lipinski definition) is 4. The molecule has 108 valence electrons. The van der Waals surface area contributed by atoms with Crippen molar-refractivity contribution in [3.63, 3.8) is 0 Å². The molecule has 1 unspecified atom stereocenters. The van der Waals surface area contributed by atoms with E-state index in [1.54, 1.807) is 0 Å². The van der Waals surface area contributed by atoms with Gasteiger partial charge in [-0.25, -0.2) is 8.42 Å². The molecule has 0 radical (unpaired) electrons. The first-order valence-electron chi connectivity index (χ1n) is 6.74.